The summed E-state index contributed by atoms with van der Waals surface area (Å²) < 4.78 is 36.0. The van der Waals surface area contributed by atoms with E-state index in [0.717, 1.165) is 6.08 Å². The maximum atomic E-state index is 12.0. The van der Waals surface area contributed by atoms with Crippen molar-refractivity contribution < 1.29 is 23.1 Å². The highest BCUT2D eigenvalue weighted by Crippen LogP contribution is 2.19. The molecule has 1 amide bonds. The third-order valence-corrected chi connectivity index (χ3v) is 2.29. The Balaban J connectivity index is 2.54. The number of nitrogens with zero attached hydrogens (tertiary/aromatic N) is 1. The van der Waals surface area contributed by atoms with E-state index in [4.69, 9.17) is 10.4 Å². The van der Waals surface area contributed by atoms with E-state index in [1.807, 2.05) is 11.4 Å². The minimum absolute atomic E-state index is 0.403. The van der Waals surface area contributed by atoms with Crippen LogP contribution in [0.1, 0.15) is 11.1 Å². The molecule has 7 heteroatoms. The van der Waals surface area contributed by atoms with Crippen LogP contribution in [0, 0.1) is 11.3 Å². The molecule has 0 spiro atoms. The second-order valence-corrected chi connectivity index (χ2v) is 3.87. The number of carbonyl (C=O) groups excluding carboxylic acids is 1. The molecule has 0 saturated carbocycles. The highest BCUT2D eigenvalue weighted by Gasteiger charge is 2.37. The lowest BCUT2D eigenvalue weighted by atomic mass is 10.1. The van der Waals surface area contributed by atoms with Gasteiger partial charge in [0.05, 0.1) is 18.2 Å². The van der Waals surface area contributed by atoms with Crippen LogP contribution in [-0.4, -0.2) is 29.8 Å². The number of hydrogen-bond acceptors (Lipinski definition) is 3. The Hall–Kier alpha value is -2.33. The van der Waals surface area contributed by atoms with Gasteiger partial charge in [-0.2, -0.15) is 18.4 Å². The summed E-state index contributed by atoms with van der Waals surface area (Å²) in [6.45, 7) is -0.912. The van der Waals surface area contributed by atoms with Crippen molar-refractivity contribution >= 4 is 12.0 Å². The molecule has 1 aromatic carbocycles. The van der Waals surface area contributed by atoms with Crippen LogP contribution in [-0.2, 0) is 4.79 Å². The number of aliphatic hydroxyl groups is 1. The molecule has 1 unspecified atom stereocenters. The summed E-state index contributed by atoms with van der Waals surface area (Å²) in [5.41, 5.74) is 0.968. The molecule has 1 rings (SSSR count). The van der Waals surface area contributed by atoms with Crippen molar-refractivity contribution in [2.75, 3.05) is 6.54 Å². The fourth-order valence-electron chi connectivity index (χ4n) is 1.26. The Kier molecular flexibility index (Phi) is 5.29. The molecule has 0 heterocycles. The van der Waals surface area contributed by atoms with E-state index >= 15 is 0 Å². The first-order chi connectivity index (χ1) is 9.32. The first kappa shape index (κ1) is 15.7. The summed E-state index contributed by atoms with van der Waals surface area (Å²) in [6, 6.07) is 8.27. The van der Waals surface area contributed by atoms with Gasteiger partial charge in [-0.3, -0.25) is 4.79 Å². The zero-order valence-corrected chi connectivity index (χ0v) is 10.2. The molecule has 0 radical (unpaired) electrons. The van der Waals surface area contributed by atoms with Gasteiger partial charge in [-0.25, -0.2) is 0 Å². The minimum atomic E-state index is -4.77. The molecule has 1 atom stereocenters. The standard InChI is InChI=1S/C13H11F3N2O2/c14-13(15,16)11(19)8-18-12(20)5-4-9-2-1-3-10(6-9)7-17/h1-6,11,19H,8H2,(H,18,20)/b5-4+. The number of amides is 1. The summed E-state index contributed by atoms with van der Waals surface area (Å²) in [6.07, 6.45) is -4.98. The van der Waals surface area contributed by atoms with Gasteiger partial charge in [-0.05, 0) is 23.8 Å². The number of aliphatic hydroxyl groups excluding tert-OH is 1. The van der Waals surface area contributed by atoms with Gasteiger partial charge in [0.1, 0.15) is 0 Å². The van der Waals surface area contributed by atoms with E-state index in [1.54, 1.807) is 18.2 Å². The first-order valence-electron chi connectivity index (χ1n) is 5.54. The van der Waals surface area contributed by atoms with E-state index in [9.17, 15) is 18.0 Å². The van der Waals surface area contributed by atoms with Crippen LogP contribution in [0.4, 0.5) is 13.2 Å². The number of rotatable bonds is 4. The Morgan fingerprint density at radius 2 is 2.20 bits per heavy atom. The zero-order chi connectivity index (χ0) is 15.2. The van der Waals surface area contributed by atoms with Gasteiger partial charge in [0.15, 0.2) is 6.10 Å². The van der Waals surface area contributed by atoms with Crippen LogP contribution < -0.4 is 5.32 Å². The minimum Gasteiger partial charge on any atom is -0.382 e. The molecule has 0 aromatic heterocycles. The van der Waals surface area contributed by atoms with Crippen LogP contribution in [0.5, 0.6) is 0 Å². The third kappa shape index (κ3) is 5.12. The molecule has 0 bridgehead atoms. The average Bonchev–Trinajstić information content (AvgIpc) is 2.41. The van der Waals surface area contributed by atoms with Crippen LogP contribution >= 0.6 is 0 Å². The van der Waals surface area contributed by atoms with E-state index in [0.29, 0.717) is 11.1 Å². The topological polar surface area (TPSA) is 73.1 Å². The molecule has 0 aliphatic heterocycles. The van der Waals surface area contributed by atoms with Crippen LogP contribution in [0.15, 0.2) is 30.3 Å². The molecular weight excluding hydrogens is 273 g/mol. The monoisotopic (exact) mass is 284 g/mol. The summed E-state index contributed by atoms with van der Waals surface area (Å²) in [5.74, 6) is -0.768. The summed E-state index contributed by atoms with van der Waals surface area (Å²) in [7, 11) is 0. The molecule has 20 heavy (non-hydrogen) atoms. The number of nitrogens with one attached hydrogen (secondary N) is 1. The molecule has 1 aromatic rings. The van der Waals surface area contributed by atoms with E-state index in [1.165, 1.54) is 12.1 Å². The van der Waals surface area contributed by atoms with Gasteiger partial charge in [0.25, 0.3) is 0 Å². The SMILES string of the molecule is N#Cc1cccc(/C=C/C(=O)NCC(O)C(F)(F)F)c1. The molecule has 0 aliphatic carbocycles. The largest absolute Gasteiger partial charge is 0.416 e. The Labute approximate surface area is 113 Å². The van der Waals surface area contributed by atoms with Crippen molar-refractivity contribution in [1.82, 2.24) is 5.32 Å². The predicted octanol–water partition coefficient (Wildman–Crippen LogP) is 1.61. The molecular formula is C13H11F3N2O2. The van der Waals surface area contributed by atoms with E-state index in [2.05, 4.69) is 0 Å². The third-order valence-electron chi connectivity index (χ3n) is 2.29. The molecule has 0 saturated heterocycles. The van der Waals surface area contributed by atoms with Crippen molar-refractivity contribution in [3.8, 4) is 6.07 Å². The van der Waals surface area contributed by atoms with Gasteiger partial charge in [-0.15, -0.1) is 0 Å². The summed E-state index contributed by atoms with van der Waals surface area (Å²) in [5, 5.41) is 19.3. The van der Waals surface area contributed by atoms with Crippen LogP contribution in [0.2, 0.25) is 0 Å². The highest BCUT2D eigenvalue weighted by molar-refractivity contribution is 5.91. The Morgan fingerprint density at radius 1 is 1.50 bits per heavy atom. The Bertz CT molecular complexity index is 547. The maximum absolute atomic E-state index is 12.0. The van der Waals surface area contributed by atoms with Crippen molar-refractivity contribution in [2.24, 2.45) is 0 Å². The Morgan fingerprint density at radius 3 is 2.80 bits per heavy atom. The lowest BCUT2D eigenvalue weighted by molar-refractivity contribution is -0.201. The second kappa shape index (κ2) is 6.73. The summed E-state index contributed by atoms with van der Waals surface area (Å²) in [4.78, 5) is 11.3. The van der Waals surface area contributed by atoms with Crippen LogP contribution in [0.3, 0.4) is 0 Å². The second-order valence-electron chi connectivity index (χ2n) is 3.87. The number of halogens is 3. The lowest BCUT2D eigenvalue weighted by Crippen LogP contribution is -2.40. The van der Waals surface area contributed by atoms with Crippen molar-refractivity contribution in [2.45, 2.75) is 12.3 Å². The van der Waals surface area contributed by atoms with Gasteiger partial charge < -0.3 is 10.4 Å². The summed E-state index contributed by atoms with van der Waals surface area (Å²) >= 11 is 0. The number of benzene rings is 1. The fraction of sp³-hybridized carbons (Fsp3) is 0.231. The normalized spacial score (nSPS) is 12.9. The lowest BCUT2D eigenvalue weighted by Gasteiger charge is -2.14. The molecule has 4 nitrogen and oxygen atoms in total. The van der Waals surface area contributed by atoms with E-state index in [-0.39, 0.29) is 0 Å². The molecule has 2 N–H and O–H groups in total. The zero-order valence-electron chi connectivity index (χ0n) is 10.2. The molecule has 106 valence electrons. The first-order valence-corrected chi connectivity index (χ1v) is 5.54. The predicted molar refractivity (Wildman–Crippen MR) is 65.3 cm³/mol. The number of nitriles is 1. The smallest absolute Gasteiger partial charge is 0.382 e. The quantitative estimate of drug-likeness (QED) is 0.825. The number of carbonyl (C=O) groups is 1. The highest BCUT2D eigenvalue weighted by atomic mass is 19.4. The average molecular weight is 284 g/mol. The van der Waals surface area contributed by atoms with Gasteiger partial charge in [0.2, 0.25) is 5.91 Å². The molecule has 0 aliphatic rings. The fourth-order valence-corrected chi connectivity index (χ4v) is 1.26. The van der Waals surface area contributed by atoms with Crippen molar-refractivity contribution in [3.63, 3.8) is 0 Å². The maximum Gasteiger partial charge on any atom is 0.416 e. The van der Waals surface area contributed by atoms with Crippen molar-refractivity contribution in [1.29, 1.82) is 5.26 Å². The van der Waals surface area contributed by atoms with Gasteiger partial charge in [0, 0.05) is 6.08 Å². The van der Waals surface area contributed by atoms with Gasteiger partial charge >= 0.3 is 6.18 Å². The molecule has 0 fully saturated rings. The van der Waals surface area contributed by atoms with Gasteiger partial charge in [-0.1, -0.05) is 12.1 Å². The van der Waals surface area contributed by atoms with Crippen LogP contribution in [0.25, 0.3) is 6.08 Å². The van der Waals surface area contributed by atoms with E-state index < -0.39 is 24.7 Å². The number of alkyl halides is 3. The van der Waals surface area contributed by atoms with Crippen molar-refractivity contribution in [3.05, 3.63) is 41.5 Å². The number of hydrogen-bond donors (Lipinski definition) is 2.